The highest BCUT2D eigenvalue weighted by molar-refractivity contribution is 5.98. The van der Waals surface area contributed by atoms with Crippen molar-refractivity contribution in [3.8, 4) is 5.75 Å². The summed E-state index contributed by atoms with van der Waals surface area (Å²) in [7, 11) is 0. The average Bonchev–Trinajstić information content (AvgIpc) is 2.93. The fourth-order valence-corrected chi connectivity index (χ4v) is 3.30. The van der Waals surface area contributed by atoms with Crippen molar-refractivity contribution in [2.45, 2.75) is 45.6 Å². The van der Waals surface area contributed by atoms with Crippen LogP contribution in [0.25, 0.3) is 0 Å². The monoisotopic (exact) mass is 385 g/mol. The van der Waals surface area contributed by atoms with Gasteiger partial charge in [0.05, 0.1) is 18.7 Å². The third-order valence-electron chi connectivity index (χ3n) is 4.70. The van der Waals surface area contributed by atoms with Crippen LogP contribution in [-0.2, 0) is 24.2 Å². The molecular weight excluding hydrogens is 358 g/mol. The van der Waals surface area contributed by atoms with Gasteiger partial charge in [-0.1, -0.05) is 18.6 Å². The first kappa shape index (κ1) is 19.9. The van der Waals surface area contributed by atoms with E-state index in [1.165, 1.54) is 6.42 Å². The largest absolute Gasteiger partial charge is 0.493 e. The number of carbonyl (C=O) groups is 2. The molecule has 0 atom stereocenters. The van der Waals surface area contributed by atoms with Crippen molar-refractivity contribution in [2.75, 3.05) is 19.7 Å². The second-order valence-corrected chi connectivity index (χ2v) is 6.71. The zero-order chi connectivity index (χ0) is 19.8. The maximum Gasteiger partial charge on any atom is 0.255 e. The number of benzene rings is 1. The number of aryl methyl sites for hydroxylation is 1. The number of para-hydroxylation sites is 1. The van der Waals surface area contributed by atoms with Gasteiger partial charge in [-0.2, -0.15) is 0 Å². The van der Waals surface area contributed by atoms with E-state index in [4.69, 9.17) is 4.74 Å². The molecule has 0 aliphatic carbocycles. The van der Waals surface area contributed by atoms with Crippen LogP contribution in [-0.4, -0.2) is 46.3 Å². The van der Waals surface area contributed by atoms with E-state index in [-0.39, 0.29) is 18.4 Å². The molecule has 28 heavy (non-hydrogen) atoms. The van der Waals surface area contributed by atoms with Gasteiger partial charge in [0.1, 0.15) is 17.4 Å². The Kier molecular flexibility index (Phi) is 7.00. The highest BCUT2D eigenvalue weighted by atomic mass is 16.5. The van der Waals surface area contributed by atoms with Gasteiger partial charge in [-0.15, -0.1) is 10.2 Å². The van der Waals surface area contributed by atoms with E-state index in [0.717, 1.165) is 37.5 Å². The van der Waals surface area contributed by atoms with Crippen molar-refractivity contribution < 1.29 is 14.3 Å². The maximum atomic E-state index is 12.3. The molecule has 2 aromatic rings. The zero-order valence-electron chi connectivity index (χ0n) is 16.2. The van der Waals surface area contributed by atoms with Gasteiger partial charge in [-0.25, -0.2) is 0 Å². The number of rotatable bonds is 8. The lowest BCUT2D eigenvalue weighted by atomic mass is 10.2. The van der Waals surface area contributed by atoms with Crippen molar-refractivity contribution in [3.05, 3.63) is 41.5 Å². The van der Waals surface area contributed by atoms with Gasteiger partial charge in [0.25, 0.3) is 5.91 Å². The Balaban J connectivity index is 1.44. The maximum absolute atomic E-state index is 12.3. The van der Waals surface area contributed by atoms with Crippen LogP contribution in [0.2, 0.25) is 0 Å². The van der Waals surface area contributed by atoms with Gasteiger partial charge < -0.3 is 19.9 Å². The van der Waals surface area contributed by atoms with E-state index in [2.05, 4.69) is 25.4 Å². The van der Waals surface area contributed by atoms with E-state index >= 15 is 0 Å². The van der Waals surface area contributed by atoms with Crippen LogP contribution in [0.5, 0.6) is 5.75 Å². The molecule has 0 spiro atoms. The number of aromatic nitrogens is 3. The fourth-order valence-electron chi connectivity index (χ4n) is 3.30. The topological polar surface area (TPSA) is 98.1 Å². The molecule has 2 amide bonds. The van der Waals surface area contributed by atoms with Crippen LogP contribution in [0, 0.1) is 0 Å². The van der Waals surface area contributed by atoms with Gasteiger partial charge in [-0.05, 0) is 31.9 Å². The van der Waals surface area contributed by atoms with E-state index in [9.17, 15) is 9.59 Å². The van der Waals surface area contributed by atoms with Crippen molar-refractivity contribution in [1.82, 2.24) is 25.4 Å². The number of fused-ring (bicyclic) bond motifs is 1. The molecular formula is C20H27N5O3. The van der Waals surface area contributed by atoms with Crippen LogP contribution in [0.1, 0.15) is 48.2 Å². The standard InChI is InChI=1S/C20H27N5O3/c1-2-28-16-9-6-5-8-15(16)20(27)22-14-19(26)21-12-11-18-24-23-17-10-4-3-7-13-25(17)18/h5-6,8-9H,2-4,7,10-14H2,1H3,(H,21,26)(H,22,27). The summed E-state index contributed by atoms with van der Waals surface area (Å²) in [6, 6.07) is 6.98. The first-order chi connectivity index (χ1) is 13.7. The number of hydrogen-bond acceptors (Lipinski definition) is 5. The Morgan fingerprint density at radius 3 is 2.86 bits per heavy atom. The molecule has 1 aromatic heterocycles. The quantitative estimate of drug-likeness (QED) is 0.717. The second kappa shape index (κ2) is 9.87. The Labute approximate surface area is 164 Å². The van der Waals surface area contributed by atoms with Crippen LogP contribution in [0.3, 0.4) is 0 Å². The Morgan fingerprint density at radius 1 is 1.14 bits per heavy atom. The molecule has 1 aromatic carbocycles. The normalized spacial score (nSPS) is 13.3. The van der Waals surface area contributed by atoms with Crippen LogP contribution in [0.4, 0.5) is 0 Å². The molecule has 3 rings (SSSR count). The Morgan fingerprint density at radius 2 is 2.00 bits per heavy atom. The van der Waals surface area contributed by atoms with Gasteiger partial charge >= 0.3 is 0 Å². The number of amides is 2. The smallest absolute Gasteiger partial charge is 0.255 e. The third kappa shape index (κ3) is 5.09. The third-order valence-corrected chi connectivity index (χ3v) is 4.70. The predicted molar refractivity (Wildman–Crippen MR) is 104 cm³/mol. The number of nitrogens with zero attached hydrogens (tertiary/aromatic N) is 3. The summed E-state index contributed by atoms with van der Waals surface area (Å²) in [5.41, 5.74) is 0.420. The summed E-state index contributed by atoms with van der Waals surface area (Å²) < 4.78 is 7.62. The predicted octanol–water partition coefficient (Wildman–Crippen LogP) is 1.49. The van der Waals surface area contributed by atoms with E-state index < -0.39 is 0 Å². The first-order valence-corrected chi connectivity index (χ1v) is 9.86. The number of ether oxygens (including phenoxy) is 1. The van der Waals surface area contributed by atoms with Gasteiger partial charge in [0.2, 0.25) is 5.91 Å². The molecule has 0 fully saturated rings. The van der Waals surface area contributed by atoms with Gasteiger partial charge in [-0.3, -0.25) is 9.59 Å². The molecule has 1 aliphatic rings. The summed E-state index contributed by atoms with van der Waals surface area (Å²) in [5, 5.41) is 14.0. The molecule has 0 saturated carbocycles. The molecule has 150 valence electrons. The SMILES string of the molecule is CCOc1ccccc1C(=O)NCC(=O)NCCc1nnc2n1CCCCC2. The van der Waals surface area contributed by atoms with Crippen molar-refractivity contribution in [2.24, 2.45) is 0 Å². The molecule has 0 bridgehead atoms. The van der Waals surface area contributed by atoms with E-state index in [1.807, 2.05) is 6.92 Å². The van der Waals surface area contributed by atoms with Crippen molar-refractivity contribution >= 4 is 11.8 Å². The van der Waals surface area contributed by atoms with Crippen LogP contribution in [0.15, 0.2) is 24.3 Å². The van der Waals surface area contributed by atoms with Crippen molar-refractivity contribution in [3.63, 3.8) is 0 Å². The summed E-state index contributed by atoms with van der Waals surface area (Å²) in [6.07, 6.45) is 5.10. The Bertz CT molecular complexity index is 818. The van der Waals surface area contributed by atoms with Crippen LogP contribution >= 0.6 is 0 Å². The summed E-state index contributed by atoms with van der Waals surface area (Å²) in [5.74, 6) is 1.89. The van der Waals surface area contributed by atoms with Gasteiger partial charge in [0.15, 0.2) is 0 Å². The molecule has 2 N–H and O–H groups in total. The molecule has 0 radical (unpaired) electrons. The number of carbonyl (C=O) groups excluding carboxylic acids is 2. The molecule has 2 heterocycles. The lowest BCUT2D eigenvalue weighted by molar-refractivity contribution is -0.120. The second-order valence-electron chi connectivity index (χ2n) is 6.71. The lowest BCUT2D eigenvalue weighted by Crippen LogP contribution is -2.38. The molecule has 8 heteroatoms. The molecule has 0 saturated heterocycles. The first-order valence-electron chi connectivity index (χ1n) is 9.86. The minimum absolute atomic E-state index is 0.0861. The van der Waals surface area contributed by atoms with Crippen molar-refractivity contribution in [1.29, 1.82) is 0 Å². The number of hydrogen-bond donors (Lipinski definition) is 2. The van der Waals surface area contributed by atoms with E-state index in [1.54, 1.807) is 24.3 Å². The van der Waals surface area contributed by atoms with Crippen LogP contribution < -0.4 is 15.4 Å². The minimum Gasteiger partial charge on any atom is -0.493 e. The molecule has 0 unspecified atom stereocenters. The average molecular weight is 385 g/mol. The lowest BCUT2D eigenvalue weighted by Gasteiger charge is -2.11. The molecule has 1 aliphatic heterocycles. The summed E-state index contributed by atoms with van der Waals surface area (Å²) in [6.45, 7) is 3.65. The highest BCUT2D eigenvalue weighted by Crippen LogP contribution is 2.17. The van der Waals surface area contributed by atoms with E-state index in [0.29, 0.717) is 30.9 Å². The Hall–Kier alpha value is -2.90. The summed E-state index contributed by atoms with van der Waals surface area (Å²) >= 11 is 0. The fraction of sp³-hybridized carbons (Fsp3) is 0.500. The van der Waals surface area contributed by atoms with Gasteiger partial charge in [0, 0.05) is 25.9 Å². The molecule has 8 nitrogen and oxygen atoms in total. The highest BCUT2D eigenvalue weighted by Gasteiger charge is 2.15. The minimum atomic E-state index is -0.332. The zero-order valence-corrected chi connectivity index (χ0v) is 16.2. The summed E-state index contributed by atoms with van der Waals surface area (Å²) in [4.78, 5) is 24.4. The number of nitrogens with one attached hydrogen (secondary N) is 2.